The summed E-state index contributed by atoms with van der Waals surface area (Å²) in [6, 6.07) is 5.34. The van der Waals surface area contributed by atoms with Crippen LogP contribution in [0, 0.1) is 0 Å². The zero-order valence-electron chi connectivity index (χ0n) is 10.3. The molecule has 1 fully saturated rings. The van der Waals surface area contributed by atoms with Gasteiger partial charge in [0.05, 0.1) is 5.69 Å². The molecule has 0 aliphatic carbocycles. The molecule has 1 aromatic heterocycles. The summed E-state index contributed by atoms with van der Waals surface area (Å²) in [5, 5.41) is 3.26. The number of hydrogen-bond donors (Lipinski definition) is 3. The maximum absolute atomic E-state index is 11.7. The number of amides is 1. The van der Waals surface area contributed by atoms with Crippen molar-refractivity contribution < 1.29 is 4.79 Å². The van der Waals surface area contributed by atoms with E-state index in [1.165, 1.54) is 0 Å². The molecule has 0 bridgehead atoms. The van der Waals surface area contributed by atoms with Crippen molar-refractivity contribution >= 4 is 5.91 Å². The van der Waals surface area contributed by atoms with Crippen molar-refractivity contribution in [2.24, 2.45) is 11.5 Å². The van der Waals surface area contributed by atoms with Crippen molar-refractivity contribution in [3.05, 3.63) is 30.1 Å². The van der Waals surface area contributed by atoms with Gasteiger partial charge in [0, 0.05) is 38.9 Å². The molecule has 5 N–H and O–H groups in total. The van der Waals surface area contributed by atoms with Crippen LogP contribution in [-0.2, 0) is 10.3 Å². The summed E-state index contributed by atoms with van der Waals surface area (Å²) in [4.78, 5) is 18.0. The zero-order chi connectivity index (χ0) is 13.0. The summed E-state index contributed by atoms with van der Waals surface area (Å²) in [5.41, 5.74) is 11.0. The number of nitrogens with zero attached hydrogens (tertiary/aromatic N) is 2. The van der Waals surface area contributed by atoms with Crippen LogP contribution < -0.4 is 16.8 Å². The number of aromatic nitrogens is 1. The van der Waals surface area contributed by atoms with Crippen LogP contribution in [0.3, 0.4) is 0 Å². The van der Waals surface area contributed by atoms with Gasteiger partial charge in [0.1, 0.15) is 0 Å². The van der Waals surface area contributed by atoms with Crippen LogP contribution in [0.4, 0.5) is 0 Å². The van der Waals surface area contributed by atoms with Crippen LogP contribution in [0.1, 0.15) is 5.69 Å². The van der Waals surface area contributed by atoms with E-state index >= 15 is 0 Å². The van der Waals surface area contributed by atoms with Gasteiger partial charge in [-0.2, -0.15) is 0 Å². The molecule has 2 rings (SSSR count). The Morgan fingerprint density at radius 1 is 1.44 bits per heavy atom. The normalized spacial score (nSPS) is 20.3. The number of carbonyl (C=O) groups excluding carboxylic acids is 1. The molecule has 0 saturated carbocycles. The predicted molar refractivity (Wildman–Crippen MR) is 68.6 cm³/mol. The predicted octanol–water partition coefficient (Wildman–Crippen LogP) is -1.37. The summed E-state index contributed by atoms with van der Waals surface area (Å²) in [5.74, 6) is -0.542. The number of nitrogens with one attached hydrogen (secondary N) is 1. The van der Waals surface area contributed by atoms with Gasteiger partial charge in [0.2, 0.25) is 5.91 Å². The number of hydrogen-bond acceptors (Lipinski definition) is 5. The van der Waals surface area contributed by atoms with Gasteiger partial charge in [-0.25, -0.2) is 0 Å². The van der Waals surface area contributed by atoms with E-state index in [1.54, 1.807) is 18.3 Å². The van der Waals surface area contributed by atoms with E-state index in [9.17, 15) is 4.79 Å². The maximum atomic E-state index is 11.7. The largest absolute Gasteiger partial charge is 0.368 e. The molecule has 1 unspecified atom stereocenters. The van der Waals surface area contributed by atoms with Gasteiger partial charge >= 0.3 is 0 Å². The number of rotatable bonds is 4. The van der Waals surface area contributed by atoms with Crippen LogP contribution in [0.25, 0.3) is 0 Å². The third-order valence-electron chi connectivity index (χ3n) is 3.24. The van der Waals surface area contributed by atoms with Crippen molar-refractivity contribution in [2.45, 2.75) is 5.54 Å². The highest BCUT2D eigenvalue weighted by atomic mass is 16.1. The fourth-order valence-electron chi connectivity index (χ4n) is 2.13. The van der Waals surface area contributed by atoms with E-state index in [2.05, 4.69) is 15.2 Å². The second-order valence-corrected chi connectivity index (χ2v) is 4.58. The lowest BCUT2D eigenvalue weighted by molar-refractivity contribution is -0.124. The average molecular weight is 249 g/mol. The van der Waals surface area contributed by atoms with Gasteiger partial charge in [-0.3, -0.25) is 14.7 Å². The number of carbonyl (C=O) groups is 1. The monoisotopic (exact) mass is 249 g/mol. The second-order valence-electron chi connectivity index (χ2n) is 4.58. The van der Waals surface area contributed by atoms with Crippen LogP contribution in [0.2, 0.25) is 0 Å². The second kappa shape index (κ2) is 5.43. The summed E-state index contributed by atoms with van der Waals surface area (Å²) in [7, 11) is 0. The Bertz CT molecular complexity index is 404. The highest BCUT2D eigenvalue weighted by Gasteiger charge is 2.37. The molecule has 1 aromatic rings. The highest BCUT2D eigenvalue weighted by Crippen LogP contribution is 2.17. The Kier molecular flexibility index (Phi) is 3.90. The van der Waals surface area contributed by atoms with Crippen LogP contribution in [0.15, 0.2) is 24.4 Å². The molecule has 1 amide bonds. The summed E-state index contributed by atoms with van der Waals surface area (Å²) in [6.07, 6.45) is 1.62. The zero-order valence-corrected chi connectivity index (χ0v) is 10.3. The Balaban J connectivity index is 2.19. The molecule has 0 aromatic carbocycles. The molecule has 2 heterocycles. The number of primary amides is 1. The minimum Gasteiger partial charge on any atom is -0.368 e. The lowest BCUT2D eigenvalue weighted by Gasteiger charge is -2.34. The lowest BCUT2D eigenvalue weighted by Crippen LogP contribution is -2.59. The van der Waals surface area contributed by atoms with E-state index < -0.39 is 11.4 Å². The van der Waals surface area contributed by atoms with Crippen molar-refractivity contribution in [3.8, 4) is 0 Å². The summed E-state index contributed by atoms with van der Waals surface area (Å²) in [6.45, 7) is 3.92. The van der Waals surface area contributed by atoms with Gasteiger partial charge in [0.15, 0.2) is 5.54 Å². The third kappa shape index (κ3) is 2.66. The lowest BCUT2D eigenvalue weighted by atomic mass is 9.94. The Hall–Kier alpha value is -1.50. The molecule has 0 radical (unpaired) electrons. The van der Waals surface area contributed by atoms with Gasteiger partial charge in [-0.15, -0.1) is 0 Å². The van der Waals surface area contributed by atoms with Gasteiger partial charge in [-0.1, -0.05) is 6.07 Å². The fourth-order valence-corrected chi connectivity index (χ4v) is 2.13. The molecular formula is C12H19N5O. The van der Waals surface area contributed by atoms with Crippen LogP contribution in [0.5, 0.6) is 0 Å². The van der Waals surface area contributed by atoms with E-state index in [4.69, 9.17) is 11.5 Å². The minimum absolute atomic E-state index is 0.404. The molecule has 1 saturated heterocycles. The Morgan fingerprint density at radius 3 is 2.72 bits per heavy atom. The van der Waals surface area contributed by atoms with Gasteiger partial charge < -0.3 is 16.8 Å². The van der Waals surface area contributed by atoms with Gasteiger partial charge in [0.25, 0.3) is 0 Å². The molecule has 98 valence electrons. The standard InChI is InChI=1S/C12H19N5O/c13-11(18)12(14,10-3-1-2-4-16-10)9-17-7-5-15-6-8-17/h1-4,15H,5-9,14H2,(H2,13,18). The first-order valence-electron chi connectivity index (χ1n) is 6.06. The van der Waals surface area contributed by atoms with Gasteiger partial charge in [-0.05, 0) is 12.1 Å². The molecule has 6 heteroatoms. The average Bonchev–Trinajstić information content (AvgIpc) is 2.40. The first kappa shape index (κ1) is 12.9. The first-order chi connectivity index (χ1) is 8.63. The molecule has 1 atom stereocenters. The SMILES string of the molecule is NC(=O)C(N)(CN1CCNCC1)c1ccccn1. The fraction of sp³-hybridized carbons (Fsp3) is 0.500. The molecular weight excluding hydrogens is 230 g/mol. The molecule has 6 nitrogen and oxygen atoms in total. The van der Waals surface area contributed by atoms with Crippen molar-refractivity contribution in [1.82, 2.24) is 15.2 Å². The minimum atomic E-state index is -1.22. The molecule has 1 aliphatic heterocycles. The van der Waals surface area contributed by atoms with Crippen molar-refractivity contribution in [1.29, 1.82) is 0 Å². The molecule has 1 aliphatic rings. The van der Waals surface area contributed by atoms with Crippen molar-refractivity contribution in [2.75, 3.05) is 32.7 Å². The third-order valence-corrected chi connectivity index (χ3v) is 3.24. The summed E-state index contributed by atoms with van der Waals surface area (Å²) >= 11 is 0. The first-order valence-corrected chi connectivity index (χ1v) is 6.06. The number of piperazine rings is 1. The Labute approximate surface area is 106 Å². The van der Waals surface area contributed by atoms with E-state index in [-0.39, 0.29) is 0 Å². The van der Waals surface area contributed by atoms with E-state index in [0.717, 1.165) is 26.2 Å². The molecule has 0 spiro atoms. The van der Waals surface area contributed by atoms with Crippen LogP contribution >= 0.6 is 0 Å². The summed E-state index contributed by atoms with van der Waals surface area (Å²) < 4.78 is 0. The topological polar surface area (TPSA) is 97.3 Å². The van der Waals surface area contributed by atoms with E-state index in [1.807, 2.05) is 6.07 Å². The van der Waals surface area contributed by atoms with Crippen molar-refractivity contribution in [3.63, 3.8) is 0 Å². The number of nitrogens with two attached hydrogens (primary N) is 2. The highest BCUT2D eigenvalue weighted by molar-refractivity contribution is 5.85. The van der Waals surface area contributed by atoms with E-state index in [0.29, 0.717) is 12.2 Å². The maximum Gasteiger partial charge on any atom is 0.245 e. The van der Waals surface area contributed by atoms with Crippen LogP contribution in [-0.4, -0.2) is 48.5 Å². The quantitative estimate of drug-likeness (QED) is 0.611. The Morgan fingerprint density at radius 2 is 2.17 bits per heavy atom. The smallest absolute Gasteiger partial charge is 0.245 e. The number of pyridine rings is 1. The molecule has 18 heavy (non-hydrogen) atoms.